The largest absolute Gasteiger partial charge is 0.465 e. The van der Waals surface area contributed by atoms with Crippen LogP contribution in [0.5, 0.6) is 0 Å². The van der Waals surface area contributed by atoms with Crippen molar-refractivity contribution >= 4 is 17.6 Å². The van der Waals surface area contributed by atoms with E-state index in [-0.39, 0.29) is 5.91 Å². The molecule has 6 heteroatoms. The van der Waals surface area contributed by atoms with E-state index in [1.807, 2.05) is 35.0 Å². The van der Waals surface area contributed by atoms with Crippen molar-refractivity contribution in [2.24, 2.45) is 0 Å². The molecule has 1 amide bonds. The molecular formula is C22H21N3O3. The molecule has 0 atom stereocenters. The zero-order valence-corrected chi connectivity index (χ0v) is 15.9. The summed E-state index contributed by atoms with van der Waals surface area (Å²) in [5.74, 6) is -0.694. The molecule has 1 aromatic heterocycles. The van der Waals surface area contributed by atoms with Crippen molar-refractivity contribution in [2.45, 2.75) is 26.2 Å². The summed E-state index contributed by atoms with van der Waals surface area (Å²) in [6.07, 6.45) is 2.75. The van der Waals surface area contributed by atoms with Crippen LogP contribution in [0.15, 0.2) is 48.5 Å². The Morgan fingerprint density at radius 1 is 1.07 bits per heavy atom. The summed E-state index contributed by atoms with van der Waals surface area (Å²) >= 11 is 0. The maximum absolute atomic E-state index is 13.0. The van der Waals surface area contributed by atoms with E-state index in [0.717, 1.165) is 36.2 Å². The summed E-state index contributed by atoms with van der Waals surface area (Å²) < 4.78 is 6.68. The monoisotopic (exact) mass is 375 g/mol. The molecule has 4 rings (SSSR count). The van der Waals surface area contributed by atoms with Gasteiger partial charge in [0.2, 0.25) is 0 Å². The second-order valence-corrected chi connectivity index (χ2v) is 6.80. The standard InChI is InChI=1S/C22H21N3O3/c1-14-16(22(27)28-2)10-6-12-18(14)23-21(26)20-17-11-7-13-19(17)25(24-20)15-8-4-3-5-9-15/h3-6,8-10,12H,7,11,13H2,1-2H3,(H,23,26). The normalized spacial score (nSPS) is 12.5. The van der Waals surface area contributed by atoms with E-state index < -0.39 is 5.97 Å². The molecule has 3 aromatic rings. The third-order valence-corrected chi connectivity index (χ3v) is 5.13. The number of rotatable bonds is 4. The minimum absolute atomic E-state index is 0.266. The van der Waals surface area contributed by atoms with E-state index in [0.29, 0.717) is 22.5 Å². The van der Waals surface area contributed by atoms with Crippen LogP contribution in [-0.4, -0.2) is 28.8 Å². The smallest absolute Gasteiger partial charge is 0.338 e. The highest BCUT2D eigenvalue weighted by molar-refractivity contribution is 6.05. The number of methoxy groups -OCH3 is 1. The van der Waals surface area contributed by atoms with Gasteiger partial charge in [-0.25, -0.2) is 9.48 Å². The molecule has 1 heterocycles. The van der Waals surface area contributed by atoms with Gasteiger partial charge in [0.1, 0.15) is 0 Å². The van der Waals surface area contributed by atoms with Crippen molar-refractivity contribution in [3.8, 4) is 5.69 Å². The van der Waals surface area contributed by atoms with E-state index in [1.54, 1.807) is 25.1 Å². The Kier molecular flexibility index (Phi) is 4.69. The van der Waals surface area contributed by atoms with Crippen LogP contribution in [0.4, 0.5) is 5.69 Å². The quantitative estimate of drug-likeness (QED) is 0.706. The summed E-state index contributed by atoms with van der Waals surface area (Å²) in [6, 6.07) is 15.0. The van der Waals surface area contributed by atoms with Crippen LogP contribution in [-0.2, 0) is 17.6 Å². The molecule has 0 saturated heterocycles. The van der Waals surface area contributed by atoms with E-state index in [1.165, 1.54) is 7.11 Å². The van der Waals surface area contributed by atoms with Crippen LogP contribution in [0.3, 0.4) is 0 Å². The molecule has 0 radical (unpaired) electrons. The van der Waals surface area contributed by atoms with Crippen molar-refractivity contribution in [3.05, 3.63) is 76.6 Å². The molecule has 0 aliphatic heterocycles. The molecule has 6 nitrogen and oxygen atoms in total. The van der Waals surface area contributed by atoms with Crippen molar-refractivity contribution in [1.29, 1.82) is 0 Å². The molecule has 0 saturated carbocycles. The first-order valence-electron chi connectivity index (χ1n) is 9.25. The lowest BCUT2D eigenvalue weighted by atomic mass is 10.1. The number of nitrogens with zero attached hydrogens (tertiary/aromatic N) is 2. The number of fused-ring (bicyclic) bond motifs is 1. The van der Waals surface area contributed by atoms with Gasteiger partial charge in [-0.2, -0.15) is 5.10 Å². The summed E-state index contributed by atoms with van der Waals surface area (Å²) in [5.41, 5.74) is 5.17. The van der Waals surface area contributed by atoms with Gasteiger partial charge in [0.05, 0.1) is 18.4 Å². The average Bonchev–Trinajstić information content (AvgIpc) is 3.32. The predicted octanol–water partition coefficient (Wildman–Crippen LogP) is 3.71. The van der Waals surface area contributed by atoms with Crippen LogP contribution in [0.1, 0.15) is 44.1 Å². The zero-order valence-electron chi connectivity index (χ0n) is 15.9. The third-order valence-electron chi connectivity index (χ3n) is 5.13. The number of anilines is 1. The fourth-order valence-electron chi connectivity index (χ4n) is 3.69. The van der Waals surface area contributed by atoms with Gasteiger partial charge in [-0.3, -0.25) is 4.79 Å². The van der Waals surface area contributed by atoms with Gasteiger partial charge in [0.15, 0.2) is 5.69 Å². The number of esters is 1. The molecule has 142 valence electrons. The van der Waals surface area contributed by atoms with Gasteiger partial charge < -0.3 is 10.1 Å². The van der Waals surface area contributed by atoms with Gasteiger partial charge in [0.25, 0.3) is 5.91 Å². The first kappa shape index (κ1) is 18.0. The van der Waals surface area contributed by atoms with Gasteiger partial charge in [0, 0.05) is 16.9 Å². The SMILES string of the molecule is COC(=O)c1cccc(NC(=O)c2nn(-c3ccccc3)c3c2CCC3)c1C. The summed E-state index contributed by atoms with van der Waals surface area (Å²) in [4.78, 5) is 24.9. The van der Waals surface area contributed by atoms with Crippen LogP contribution in [0.2, 0.25) is 0 Å². The number of nitrogens with one attached hydrogen (secondary N) is 1. The maximum atomic E-state index is 13.0. The number of hydrogen-bond donors (Lipinski definition) is 1. The van der Waals surface area contributed by atoms with Crippen molar-refractivity contribution in [2.75, 3.05) is 12.4 Å². The lowest BCUT2D eigenvalue weighted by Gasteiger charge is -2.11. The van der Waals surface area contributed by atoms with Crippen molar-refractivity contribution in [1.82, 2.24) is 9.78 Å². The number of carbonyl (C=O) groups excluding carboxylic acids is 2. The molecule has 1 aliphatic carbocycles. The lowest BCUT2D eigenvalue weighted by molar-refractivity contribution is 0.0599. The van der Waals surface area contributed by atoms with Gasteiger partial charge in [-0.1, -0.05) is 24.3 Å². The second-order valence-electron chi connectivity index (χ2n) is 6.80. The number of benzene rings is 2. The summed E-state index contributed by atoms with van der Waals surface area (Å²) in [7, 11) is 1.34. The topological polar surface area (TPSA) is 73.2 Å². The number of amides is 1. The van der Waals surface area contributed by atoms with Crippen LogP contribution >= 0.6 is 0 Å². The fraction of sp³-hybridized carbons (Fsp3) is 0.227. The Hall–Kier alpha value is -3.41. The van der Waals surface area contributed by atoms with Crippen LogP contribution < -0.4 is 5.32 Å². The van der Waals surface area contributed by atoms with E-state index in [2.05, 4.69) is 10.4 Å². The Balaban J connectivity index is 1.68. The number of para-hydroxylation sites is 1. The van der Waals surface area contributed by atoms with Crippen molar-refractivity contribution < 1.29 is 14.3 Å². The Labute approximate surface area is 163 Å². The Morgan fingerprint density at radius 2 is 1.86 bits per heavy atom. The summed E-state index contributed by atoms with van der Waals surface area (Å²) in [5, 5.41) is 7.53. The van der Waals surface area contributed by atoms with Gasteiger partial charge in [-0.05, 0) is 56.0 Å². The minimum atomic E-state index is -0.428. The number of aromatic nitrogens is 2. The number of carbonyl (C=O) groups is 2. The highest BCUT2D eigenvalue weighted by Crippen LogP contribution is 2.29. The molecule has 0 unspecified atom stereocenters. The number of hydrogen-bond acceptors (Lipinski definition) is 4. The van der Waals surface area contributed by atoms with Crippen LogP contribution in [0, 0.1) is 6.92 Å². The van der Waals surface area contributed by atoms with Gasteiger partial charge in [-0.15, -0.1) is 0 Å². The molecule has 1 N–H and O–H groups in total. The van der Waals surface area contributed by atoms with Crippen LogP contribution in [0.25, 0.3) is 5.69 Å². The molecule has 0 fully saturated rings. The Bertz CT molecular complexity index is 1050. The first-order chi connectivity index (χ1) is 13.6. The van der Waals surface area contributed by atoms with Gasteiger partial charge >= 0.3 is 5.97 Å². The molecule has 0 spiro atoms. The third kappa shape index (κ3) is 3.07. The average molecular weight is 375 g/mol. The first-order valence-corrected chi connectivity index (χ1v) is 9.25. The lowest BCUT2D eigenvalue weighted by Crippen LogP contribution is -2.16. The molecule has 2 aromatic carbocycles. The molecule has 0 bridgehead atoms. The predicted molar refractivity (Wildman–Crippen MR) is 106 cm³/mol. The fourth-order valence-corrected chi connectivity index (χ4v) is 3.69. The highest BCUT2D eigenvalue weighted by Gasteiger charge is 2.27. The summed E-state index contributed by atoms with van der Waals surface area (Å²) in [6.45, 7) is 1.79. The van der Waals surface area contributed by atoms with E-state index >= 15 is 0 Å². The zero-order chi connectivity index (χ0) is 19.7. The maximum Gasteiger partial charge on any atom is 0.338 e. The Morgan fingerprint density at radius 3 is 2.61 bits per heavy atom. The molecular weight excluding hydrogens is 354 g/mol. The van der Waals surface area contributed by atoms with E-state index in [4.69, 9.17) is 4.74 Å². The number of ether oxygens (including phenoxy) is 1. The highest BCUT2D eigenvalue weighted by atomic mass is 16.5. The van der Waals surface area contributed by atoms with E-state index in [9.17, 15) is 9.59 Å². The van der Waals surface area contributed by atoms with Crippen molar-refractivity contribution in [3.63, 3.8) is 0 Å². The molecule has 28 heavy (non-hydrogen) atoms. The minimum Gasteiger partial charge on any atom is -0.465 e. The second kappa shape index (κ2) is 7.31. The molecule has 1 aliphatic rings.